The molecular weight excluding hydrogens is 264 g/mol. The van der Waals surface area contributed by atoms with Gasteiger partial charge in [0.1, 0.15) is 5.00 Å². The van der Waals surface area contributed by atoms with Crippen LogP contribution in [-0.4, -0.2) is 25.1 Å². The number of hydrogen-bond acceptors (Lipinski definition) is 5. The number of anilines is 2. The molecular formula is C13H20N2OS2. The van der Waals surface area contributed by atoms with Crippen LogP contribution in [-0.2, 0) is 0 Å². The van der Waals surface area contributed by atoms with Crippen LogP contribution in [0.5, 0.6) is 0 Å². The van der Waals surface area contributed by atoms with Crippen molar-refractivity contribution in [2.45, 2.75) is 37.5 Å². The maximum Gasteiger partial charge on any atom is 0.171 e. The van der Waals surface area contributed by atoms with Gasteiger partial charge in [-0.25, -0.2) is 0 Å². The Labute approximate surface area is 117 Å². The zero-order valence-electron chi connectivity index (χ0n) is 11.0. The molecule has 0 atom stereocenters. The monoisotopic (exact) mass is 284 g/mol. The molecule has 5 heteroatoms. The summed E-state index contributed by atoms with van der Waals surface area (Å²) in [6, 6.07) is 0. The van der Waals surface area contributed by atoms with E-state index in [0.717, 1.165) is 22.9 Å². The summed E-state index contributed by atoms with van der Waals surface area (Å²) in [6.45, 7) is 3.77. The molecule has 0 saturated carbocycles. The second-order valence-corrected chi connectivity index (χ2v) is 6.46. The highest BCUT2D eigenvalue weighted by Crippen LogP contribution is 2.44. The molecule has 0 bridgehead atoms. The topological polar surface area (TPSA) is 46.3 Å². The number of hydrogen-bond donors (Lipinski definition) is 1. The molecule has 2 N–H and O–H groups in total. The van der Waals surface area contributed by atoms with E-state index in [1.807, 2.05) is 6.26 Å². The van der Waals surface area contributed by atoms with Gasteiger partial charge in [0.2, 0.25) is 0 Å². The van der Waals surface area contributed by atoms with E-state index in [2.05, 4.69) is 4.90 Å². The van der Waals surface area contributed by atoms with Gasteiger partial charge in [0.15, 0.2) is 5.78 Å². The molecule has 1 fully saturated rings. The largest absolute Gasteiger partial charge is 0.396 e. The minimum absolute atomic E-state index is 0.0777. The van der Waals surface area contributed by atoms with E-state index < -0.39 is 0 Å². The fraction of sp³-hybridized carbons (Fsp3) is 0.615. The van der Waals surface area contributed by atoms with Gasteiger partial charge >= 0.3 is 0 Å². The Hall–Kier alpha value is -0.680. The van der Waals surface area contributed by atoms with Crippen molar-refractivity contribution in [2.75, 3.05) is 30.0 Å². The molecule has 0 radical (unpaired) electrons. The molecule has 1 aromatic rings. The molecule has 1 aliphatic rings. The molecule has 0 amide bonds. The van der Waals surface area contributed by atoms with Gasteiger partial charge in [0, 0.05) is 20.0 Å². The Morgan fingerprint density at radius 2 is 1.89 bits per heavy atom. The maximum atomic E-state index is 11.6. The highest BCUT2D eigenvalue weighted by atomic mass is 32.2. The summed E-state index contributed by atoms with van der Waals surface area (Å²) < 4.78 is 0. The first-order valence-corrected chi connectivity index (χ1v) is 8.41. The van der Waals surface area contributed by atoms with Crippen LogP contribution in [0.3, 0.4) is 0 Å². The lowest BCUT2D eigenvalue weighted by atomic mass is 10.2. The summed E-state index contributed by atoms with van der Waals surface area (Å²) in [7, 11) is 0. The van der Waals surface area contributed by atoms with Crippen molar-refractivity contribution < 1.29 is 4.79 Å². The number of nitrogens with two attached hydrogens (primary N) is 1. The molecule has 1 saturated heterocycles. The fourth-order valence-corrected chi connectivity index (χ4v) is 4.49. The average Bonchev–Trinajstić information content (AvgIpc) is 2.54. The Balaban J connectivity index is 2.36. The lowest BCUT2D eigenvalue weighted by Crippen LogP contribution is -2.23. The number of ketones is 1. The summed E-state index contributed by atoms with van der Waals surface area (Å²) in [6.07, 6.45) is 7.13. The van der Waals surface area contributed by atoms with E-state index in [4.69, 9.17) is 5.73 Å². The summed E-state index contributed by atoms with van der Waals surface area (Å²) in [4.78, 5) is 15.8. The van der Waals surface area contributed by atoms with Gasteiger partial charge in [0.05, 0.1) is 15.5 Å². The first-order chi connectivity index (χ1) is 8.65. The smallest absolute Gasteiger partial charge is 0.171 e. The SMILES string of the molecule is CSc1c(N2CCCCCC2)sc(C(C)=O)c1N. The van der Waals surface area contributed by atoms with Crippen molar-refractivity contribution in [3.63, 3.8) is 0 Å². The molecule has 0 aromatic carbocycles. The van der Waals surface area contributed by atoms with Gasteiger partial charge in [-0.05, 0) is 19.1 Å². The molecule has 0 unspecified atom stereocenters. The van der Waals surface area contributed by atoms with Gasteiger partial charge in [-0.1, -0.05) is 12.8 Å². The lowest BCUT2D eigenvalue weighted by Gasteiger charge is -2.21. The van der Waals surface area contributed by atoms with Gasteiger partial charge < -0.3 is 10.6 Å². The van der Waals surface area contributed by atoms with Crippen molar-refractivity contribution in [3.8, 4) is 0 Å². The number of carbonyl (C=O) groups is 1. The number of carbonyl (C=O) groups excluding carboxylic acids is 1. The number of nitrogen functional groups attached to an aromatic ring is 1. The van der Waals surface area contributed by atoms with Crippen LogP contribution in [0.2, 0.25) is 0 Å². The van der Waals surface area contributed by atoms with Crippen LogP contribution in [0.1, 0.15) is 42.3 Å². The Morgan fingerprint density at radius 1 is 1.28 bits per heavy atom. The van der Waals surface area contributed by atoms with Crippen LogP contribution in [0, 0.1) is 0 Å². The van der Waals surface area contributed by atoms with Crippen molar-refractivity contribution >= 4 is 39.6 Å². The van der Waals surface area contributed by atoms with E-state index >= 15 is 0 Å². The van der Waals surface area contributed by atoms with Crippen molar-refractivity contribution in [3.05, 3.63) is 4.88 Å². The predicted octanol–water partition coefficient (Wildman–Crippen LogP) is 3.64. The van der Waals surface area contributed by atoms with E-state index in [1.165, 1.54) is 30.7 Å². The van der Waals surface area contributed by atoms with E-state index in [9.17, 15) is 4.79 Å². The molecule has 0 spiro atoms. The predicted molar refractivity (Wildman–Crippen MR) is 81.2 cm³/mol. The number of rotatable bonds is 3. The first-order valence-electron chi connectivity index (χ1n) is 6.37. The Morgan fingerprint density at radius 3 is 2.39 bits per heavy atom. The third kappa shape index (κ3) is 2.67. The molecule has 1 aliphatic heterocycles. The normalized spacial score (nSPS) is 16.7. The standard InChI is InChI=1S/C13H20N2OS2/c1-9(16)11-10(14)12(17-2)13(18-11)15-7-5-3-4-6-8-15/h3-8,14H2,1-2H3. The number of nitrogens with zero attached hydrogens (tertiary/aromatic N) is 1. The summed E-state index contributed by atoms with van der Waals surface area (Å²) in [5, 5.41) is 1.20. The maximum absolute atomic E-state index is 11.6. The van der Waals surface area contributed by atoms with Gasteiger partial charge in [-0.15, -0.1) is 23.1 Å². The zero-order chi connectivity index (χ0) is 13.1. The fourth-order valence-electron chi connectivity index (χ4n) is 2.36. The number of Topliss-reactive ketones (excluding diaryl/α,β-unsaturated/α-hetero) is 1. The van der Waals surface area contributed by atoms with Crippen LogP contribution < -0.4 is 10.6 Å². The van der Waals surface area contributed by atoms with Crippen molar-refractivity contribution in [1.29, 1.82) is 0 Å². The van der Waals surface area contributed by atoms with E-state index in [-0.39, 0.29) is 5.78 Å². The van der Waals surface area contributed by atoms with Gasteiger partial charge in [0.25, 0.3) is 0 Å². The zero-order valence-corrected chi connectivity index (χ0v) is 12.6. The minimum atomic E-state index is 0.0777. The van der Waals surface area contributed by atoms with Crippen LogP contribution >= 0.6 is 23.1 Å². The Bertz CT molecular complexity index is 434. The Kier molecular flexibility index (Phi) is 4.56. The molecule has 0 aliphatic carbocycles. The third-order valence-electron chi connectivity index (χ3n) is 3.30. The van der Waals surface area contributed by atoms with Crippen molar-refractivity contribution in [2.24, 2.45) is 0 Å². The molecule has 2 rings (SSSR count). The van der Waals surface area contributed by atoms with Gasteiger partial charge in [-0.3, -0.25) is 4.79 Å². The lowest BCUT2D eigenvalue weighted by molar-refractivity contribution is 0.102. The quantitative estimate of drug-likeness (QED) is 0.680. The van der Waals surface area contributed by atoms with Crippen LogP contribution in [0.4, 0.5) is 10.7 Å². The first kappa shape index (κ1) is 13.7. The molecule has 3 nitrogen and oxygen atoms in total. The van der Waals surface area contributed by atoms with Crippen LogP contribution in [0.15, 0.2) is 4.90 Å². The third-order valence-corrected chi connectivity index (χ3v) is 5.62. The average molecular weight is 284 g/mol. The second kappa shape index (κ2) is 5.97. The number of thioether (sulfide) groups is 1. The molecule has 100 valence electrons. The van der Waals surface area contributed by atoms with Gasteiger partial charge in [-0.2, -0.15) is 0 Å². The highest BCUT2D eigenvalue weighted by molar-refractivity contribution is 7.99. The number of thiophene rings is 1. The van der Waals surface area contributed by atoms with E-state index in [0.29, 0.717) is 5.69 Å². The summed E-state index contributed by atoms with van der Waals surface area (Å²) >= 11 is 3.22. The second-order valence-electron chi connectivity index (χ2n) is 4.64. The highest BCUT2D eigenvalue weighted by Gasteiger charge is 2.22. The summed E-state index contributed by atoms with van der Waals surface area (Å²) in [5.74, 6) is 0.0777. The van der Waals surface area contributed by atoms with Crippen LogP contribution in [0.25, 0.3) is 0 Å². The molecule has 18 heavy (non-hydrogen) atoms. The summed E-state index contributed by atoms with van der Waals surface area (Å²) in [5.41, 5.74) is 6.78. The van der Waals surface area contributed by atoms with E-state index in [1.54, 1.807) is 30.0 Å². The molecule has 1 aromatic heterocycles. The van der Waals surface area contributed by atoms with Crippen molar-refractivity contribution in [1.82, 2.24) is 0 Å². The molecule has 2 heterocycles. The minimum Gasteiger partial charge on any atom is -0.396 e.